The number of likely N-dealkylation sites (tertiary alicyclic amines) is 2. The van der Waals surface area contributed by atoms with Crippen LogP contribution in [0.15, 0.2) is 49.1 Å². The summed E-state index contributed by atoms with van der Waals surface area (Å²) >= 11 is 6.20. The fourth-order valence-electron chi connectivity index (χ4n) is 5.65. The van der Waals surface area contributed by atoms with E-state index in [2.05, 4.69) is 20.5 Å². The molecular formula is C28H27ClF2N8O5. The number of halogens is 3. The maximum absolute atomic E-state index is 13.4. The first kappa shape index (κ1) is 29.3. The van der Waals surface area contributed by atoms with Crippen molar-refractivity contribution < 1.29 is 32.6 Å². The molecule has 1 aromatic carbocycles. The zero-order valence-corrected chi connectivity index (χ0v) is 24.2. The topological polar surface area (TPSA) is 136 Å². The van der Waals surface area contributed by atoms with Crippen molar-refractivity contribution >= 4 is 40.8 Å². The lowest BCUT2D eigenvalue weighted by molar-refractivity contribution is -0.131. The largest absolute Gasteiger partial charge is 0.450 e. The number of nitrogens with zero attached hydrogens (tertiary/aromatic N) is 7. The summed E-state index contributed by atoms with van der Waals surface area (Å²) in [6.45, 7) is 0.696. The number of rotatable bonds is 8. The van der Waals surface area contributed by atoms with Crippen LogP contribution >= 0.6 is 11.6 Å². The van der Waals surface area contributed by atoms with Crippen LogP contribution in [0.3, 0.4) is 0 Å². The third kappa shape index (κ3) is 5.86. The normalized spacial score (nSPS) is 17.8. The van der Waals surface area contributed by atoms with E-state index >= 15 is 0 Å². The van der Waals surface area contributed by atoms with E-state index in [0.717, 1.165) is 0 Å². The molecule has 2 aliphatic rings. The summed E-state index contributed by atoms with van der Waals surface area (Å²) in [5, 5.41) is 11.6. The number of nitrogens with one attached hydrogen (secondary N) is 1. The Morgan fingerprint density at radius 3 is 2.61 bits per heavy atom. The number of benzene rings is 1. The first-order valence-electron chi connectivity index (χ1n) is 13.8. The van der Waals surface area contributed by atoms with Crippen LogP contribution in [0.5, 0.6) is 5.75 Å². The Labute approximate surface area is 254 Å². The molecule has 5 heterocycles. The van der Waals surface area contributed by atoms with Gasteiger partial charge in [-0.1, -0.05) is 11.6 Å². The van der Waals surface area contributed by atoms with Gasteiger partial charge in [0.2, 0.25) is 5.91 Å². The monoisotopic (exact) mass is 628 g/mol. The highest BCUT2D eigenvalue weighted by Crippen LogP contribution is 2.37. The summed E-state index contributed by atoms with van der Waals surface area (Å²) in [6.07, 6.45) is 5.59. The number of anilines is 1. The molecule has 0 saturated carbocycles. The van der Waals surface area contributed by atoms with Gasteiger partial charge in [-0.05, 0) is 31.2 Å². The molecule has 3 amide bonds. The number of hydrogen-bond acceptors (Lipinski definition) is 8. The average molecular weight is 629 g/mol. The van der Waals surface area contributed by atoms with Gasteiger partial charge in [0.15, 0.2) is 5.65 Å². The average Bonchev–Trinajstić information content (AvgIpc) is 3.76. The van der Waals surface area contributed by atoms with Crippen molar-refractivity contribution in [2.24, 2.45) is 11.8 Å². The molecule has 0 bridgehead atoms. The van der Waals surface area contributed by atoms with Crippen LogP contribution < -0.4 is 10.1 Å². The number of ether oxygens (including phenoxy) is 2. The molecule has 44 heavy (non-hydrogen) atoms. The number of fused-ring (bicyclic) bond motifs is 2. The second kappa shape index (κ2) is 12.1. The summed E-state index contributed by atoms with van der Waals surface area (Å²) in [4.78, 5) is 46.4. The van der Waals surface area contributed by atoms with E-state index in [1.54, 1.807) is 29.0 Å². The molecule has 0 radical (unpaired) electrons. The third-order valence-corrected chi connectivity index (χ3v) is 7.84. The maximum Gasteiger partial charge on any atom is 0.409 e. The van der Waals surface area contributed by atoms with Crippen molar-refractivity contribution in [3.05, 3.63) is 59.6 Å². The number of aromatic nitrogens is 5. The summed E-state index contributed by atoms with van der Waals surface area (Å²) in [7, 11) is 0. The van der Waals surface area contributed by atoms with Gasteiger partial charge in [-0.25, -0.2) is 14.3 Å². The van der Waals surface area contributed by atoms with E-state index in [1.165, 1.54) is 46.0 Å². The summed E-state index contributed by atoms with van der Waals surface area (Å²) in [5.41, 5.74) is 0.752. The summed E-state index contributed by atoms with van der Waals surface area (Å²) in [5.74, 6) is -0.760. The van der Waals surface area contributed by atoms with Gasteiger partial charge >= 0.3 is 12.7 Å². The van der Waals surface area contributed by atoms with Gasteiger partial charge in [0.1, 0.15) is 23.6 Å². The number of carbonyl (C=O) groups is 3. The lowest BCUT2D eigenvalue weighted by Crippen LogP contribution is -2.37. The first-order chi connectivity index (χ1) is 21.2. The highest BCUT2D eigenvalue weighted by molar-refractivity contribution is 6.31. The second-order valence-corrected chi connectivity index (χ2v) is 10.9. The van der Waals surface area contributed by atoms with Crippen molar-refractivity contribution in [3.8, 4) is 17.0 Å². The lowest BCUT2D eigenvalue weighted by atomic mass is 10.0. The van der Waals surface area contributed by atoms with Gasteiger partial charge in [-0.2, -0.15) is 19.0 Å². The van der Waals surface area contributed by atoms with E-state index in [0.29, 0.717) is 38.4 Å². The molecule has 2 atom stereocenters. The molecule has 6 rings (SSSR count). The molecule has 230 valence electrons. The number of carbonyl (C=O) groups excluding carboxylic acids is 3. The molecule has 2 fully saturated rings. The van der Waals surface area contributed by atoms with E-state index in [4.69, 9.17) is 21.1 Å². The second-order valence-electron chi connectivity index (χ2n) is 10.4. The van der Waals surface area contributed by atoms with Gasteiger partial charge in [0.25, 0.3) is 5.91 Å². The molecule has 3 aromatic heterocycles. The molecule has 2 aliphatic heterocycles. The van der Waals surface area contributed by atoms with Crippen molar-refractivity contribution in [1.29, 1.82) is 0 Å². The van der Waals surface area contributed by atoms with Crippen LogP contribution in [-0.2, 0) is 16.1 Å². The molecule has 16 heteroatoms. The zero-order valence-electron chi connectivity index (χ0n) is 23.4. The van der Waals surface area contributed by atoms with Crippen molar-refractivity contribution in [3.63, 3.8) is 0 Å². The van der Waals surface area contributed by atoms with Gasteiger partial charge in [-0.15, -0.1) is 0 Å². The van der Waals surface area contributed by atoms with Crippen molar-refractivity contribution in [2.75, 3.05) is 38.1 Å². The Balaban J connectivity index is 1.25. The van der Waals surface area contributed by atoms with Gasteiger partial charge in [0.05, 0.1) is 18.5 Å². The van der Waals surface area contributed by atoms with Crippen LogP contribution in [0.4, 0.5) is 19.3 Å². The highest BCUT2D eigenvalue weighted by Gasteiger charge is 2.43. The Morgan fingerprint density at radius 1 is 1.14 bits per heavy atom. The van der Waals surface area contributed by atoms with Gasteiger partial charge in [0, 0.05) is 67.2 Å². The SMILES string of the molecule is CCOC(=O)N1C[C@H]2CN(C(=O)Cn3cc(NC(=O)c4cnn5cccnc45)c(-c4cc(Cl)ccc4OC(F)F)n3)C[C@H]2C1. The van der Waals surface area contributed by atoms with Crippen LogP contribution in [0.25, 0.3) is 16.9 Å². The third-order valence-electron chi connectivity index (χ3n) is 7.61. The molecule has 4 aromatic rings. The standard InChI is InChI=1S/C28H27ClF2N8O5/c1-2-43-28(42)37-12-16-10-36(11-17(16)13-37)23(40)15-38-14-21(34-26(41)20-9-33-39-7-3-6-32-25(20)39)24(35-38)19-8-18(29)4-5-22(19)44-27(30)31/h3-9,14,16-17,27H,2,10-13,15H2,1H3,(H,34,41)/t16-,17+. The fourth-order valence-corrected chi connectivity index (χ4v) is 5.83. The van der Waals surface area contributed by atoms with Gasteiger partial charge in [-0.3, -0.25) is 14.3 Å². The Bertz CT molecular complexity index is 1720. The van der Waals surface area contributed by atoms with Gasteiger partial charge < -0.3 is 24.6 Å². The van der Waals surface area contributed by atoms with Crippen molar-refractivity contribution in [1.82, 2.24) is 34.2 Å². The molecule has 0 aliphatic carbocycles. The van der Waals surface area contributed by atoms with Crippen LogP contribution in [0.1, 0.15) is 17.3 Å². The predicted octanol–water partition coefficient (Wildman–Crippen LogP) is 3.65. The number of hydrogen-bond donors (Lipinski definition) is 1. The minimum absolute atomic E-state index is 0.0668. The molecule has 13 nitrogen and oxygen atoms in total. The molecule has 0 unspecified atom stereocenters. The van der Waals surface area contributed by atoms with Crippen LogP contribution in [0, 0.1) is 11.8 Å². The van der Waals surface area contributed by atoms with Crippen molar-refractivity contribution in [2.45, 2.75) is 20.1 Å². The molecule has 2 saturated heterocycles. The van der Waals surface area contributed by atoms with E-state index in [9.17, 15) is 23.2 Å². The lowest BCUT2D eigenvalue weighted by Gasteiger charge is -2.21. The Kier molecular flexibility index (Phi) is 8.03. The summed E-state index contributed by atoms with van der Waals surface area (Å²) < 4.78 is 39.1. The van der Waals surface area contributed by atoms with E-state index < -0.39 is 12.5 Å². The molecule has 1 N–H and O–H groups in total. The fraction of sp³-hybridized carbons (Fsp3) is 0.357. The zero-order chi connectivity index (χ0) is 31.0. The minimum Gasteiger partial charge on any atom is -0.450 e. The maximum atomic E-state index is 13.4. The Morgan fingerprint density at radius 2 is 1.89 bits per heavy atom. The van der Waals surface area contributed by atoms with Crippen LogP contribution in [0.2, 0.25) is 5.02 Å². The van der Waals surface area contributed by atoms with E-state index in [1.807, 2.05) is 0 Å². The quantitative estimate of drug-likeness (QED) is 0.312. The summed E-state index contributed by atoms with van der Waals surface area (Å²) in [6, 6.07) is 5.71. The molecular weight excluding hydrogens is 602 g/mol. The number of amides is 3. The molecule has 0 spiro atoms. The van der Waals surface area contributed by atoms with Crippen LogP contribution in [-0.4, -0.2) is 91.5 Å². The predicted molar refractivity (Wildman–Crippen MR) is 152 cm³/mol. The highest BCUT2D eigenvalue weighted by atomic mass is 35.5. The minimum atomic E-state index is -3.13. The smallest absolute Gasteiger partial charge is 0.409 e. The van der Waals surface area contributed by atoms with E-state index in [-0.39, 0.29) is 63.7 Å². The number of alkyl halides is 2. The first-order valence-corrected chi connectivity index (χ1v) is 14.2. The Hall–Kier alpha value is -4.79.